The van der Waals surface area contributed by atoms with Crippen molar-refractivity contribution in [3.05, 3.63) is 46.8 Å². The summed E-state index contributed by atoms with van der Waals surface area (Å²) >= 11 is 2.61. The van der Waals surface area contributed by atoms with Crippen molar-refractivity contribution >= 4 is 23.1 Å². The molecule has 0 amide bonds. The average Bonchev–Trinajstić information content (AvgIpc) is 2.86. The zero-order valence-electron chi connectivity index (χ0n) is 11.5. The van der Waals surface area contributed by atoms with Gasteiger partial charge in [0.25, 0.3) is 0 Å². The first kappa shape index (κ1) is 15.5. The van der Waals surface area contributed by atoms with Crippen LogP contribution in [0, 0.1) is 17.6 Å². The molecule has 1 heterocycles. The fraction of sp³-hybridized carbons (Fsp3) is 0.333. The van der Waals surface area contributed by atoms with E-state index in [0.717, 1.165) is 22.5 Å². The van der Waals surface area contributed by atoms with Gasteiger partial charge in [-0.15, -0.1) is 11.3 Å². The quantitative estimate of drug-likeness (QED) is 0.812. The van der Waals surface area contributed by atoms with Gasteiger partial charge in [0.05, 0.1) is 9.10 Å². The SMILES string of the molecule is CC(C)CNCc1cc(F)c(Sc2cccs2)c(F)c1. The highest BCUT2D eigenvalue weighted by Gasteiger charge is 2.13. The molecular formula is C15H17F2NS2. The zero-order valence-corrected chi connectivity index (χ0v) is 13.1. The molecule has 1 nitrogen and oxygen atoms in total. The van der Waals surface area contributed by atoms with Crippen molar-refractivity contribution in [2.75, 3.05) is 6.54 Å². The minimum atomic E-state index is -0.496. The Morgan fingerprint density at radius 1 is 1.25 bits per heavy atom. The topological polar surface area (TPSA) is 12.0 Å². The van der Waals surface area contributed by atoms with Crippen LogP contribution in [0.25, 0.3) is 0 Å². The normalized spacial score (nSPS) is 11.2. The molecule has 0 aliphatic carbocycles. The van der Waals surface area contributed by atoms with Crippen LogP contribution >= 0.6 is 23.1 Å². The molecule has 2 aromatic rings. The van der Waals surface area contributed by atoms with E-state index in [0.29, 0.717) is 18.0 Å². The Kier molecular flexibility index (Phi) is 5.57. The summed E-state index contributed by atoms with van der Waals surface area (Å²) in [4.78, 5) is 0.0695. The van der Waals surface area contributed by atoms with Gasteiger partial charge in [0.15, 0.2) is 0 Å². The van der Waals surface area contributed by atoms with Crippen molar-refractivity contribution in [3.63, 3.8) is 0 Å². The Balaban J connectivity index is 2.08. The first-order valence-electron chi connectivity index (χ1n) is 6.46. The number of thiophene rings is 1. The largest absolute Gasteiger partial charge is 0.312 e. The predicted molar refractivity (Wildman–Crippen MR) is 81.3 cm³/mol. The van der Waals surface area contributed by atoms with E-state index in [1.807, 2.05) is 17.5 Å². The highest BCUT2D eigenvalue weighted by Crippen LogP contribution is 2.35. The monoisotopic (exact) mass is 313 g/mol. The van der Waals surface area contributed by atoms with Gasteiger partial charge < -0.3 is 5.32 Å². The molecule has 1 N–H and O–H groups in total. The Hall–Kier alpha value is -0.910. The van der Waals surface area contributed by atoms with E-state index in [2.05, 4.69) is 19.2 Å². The number of halogens is 2. The van der Waals surface area contributed by atoms with Crippen molar-refractivity contribution in [2.45, 2.75) is 29.5 Å². The molecule has 0 fully saturated rings. The number of hydrogen-bond donors (Lipinski definition) is 1. The molecule has 20 heavy (non-hydrogen) atoms. The molecule has 1 aromatic carbocycles. The molecule has 2 rings (SSSR count). The Morgan fingerprint density at radius 3 is 2.50 bits per heavy atom. The highest BCUT2D eigenvalue weighted by atomic mass is 32.2. The van der Waals surface area contributed by atoms with Gasteiger partial charge in [-0.1, -0.05) is 31.7 Å². The molecule has 0 saturated carbocycles. The fourth-order valence-corrected chi connectivity index (χ4v) is 3.46. The molecule has 0 bridgehead atoms. The van der Waals surface area contributed by atoms with Crippen LogP contribution < -0.4 is 5.32 Å². The van der Waals surface area contributed by atoms with E-state index in [1.54, 1.807) is 0 Å². The van der Waals surface area contributed by atoms with Crippen LogP contribution in [-0.4, -0.2) is 6.54 Å². The summed E-state index contributed by atoms with van der Waals surface area (Å²) in [6, 6.07) is 6.54. The second-order valence-electron chi connectivity index (χ2n) is 4.95. The van der Waals surface area contributed by atoms with E-state index < -0.39 is 11.6 Å². The lowest BCUT2D eigenvalue weighted by molar-refractivity contribution is 0.525. The molecule has 0 saturated heterocycles. The zero-order chi connectivity index (χ0) is 14.5. The first-order valence-corrected chi connectivity index (χ1v) is 8.16. The Bertz CT molecular complexity index is 530. The maximum Gasteiger partial charge on any atom is 0.140 e. The third-order valence-corrected chi connectivity index (χ3v) is 4.77. The molecule has 0 aliphatic rings. The maximum absolute atomic E-state index is 14.0. The van der Waals surface area contributed by atoms with Gasteiger partial charge >= 0.3 is 0 Å². The van der Waals surface area contributed by atoms with Gasteiger partial charge in [-0.2, -0.15) is 0 Å². The number of benzene rings is 1. The molecular weight excluding hydrogens is 296 g/mol. The average molecular weight is 313 g/mol. The van der Waals surface area contributed by atoms with Crippen molar-refractivity contribution in [1.82, 2.24) is 5.32 Å². The van der Waals surface area contributed by atoms with Gasteiger partial charge in [-0.3, -0.25) is 0 Å². The molecule has 0 unspecified atom stereocenters. The van der Waals surface area contributed by atoms with Gasteiger partial charge in [0.1, 0.15) is 11.6 Å². The van der Waals surface area contributed by atoms with Gasteiger partial charge in [0.2, 0.25) is 0 Å². The maximum atomic E-state index is 14.0. The lowest BCUT2D eigenvalue weighted by atomic mass is 10.2. The van der Waals surface area contributed by atoms with Crippen molar-refractivity contribution in [1.29, 1.82) is 0 Å². The van der Waals surface area contributed by atoms with Crippen molar-refractivity contribution < 1.29 is 8.78 Å². The smallest absolute Gasteiger partial charge is 0.140 e. The number of nitrogens with one attached hydrogen (secondary N) is 1. The van der Waals surface area contributed by atoms with E-state index in [1.165, 1.54) is 23.5 Å². The van der Waals surface area contributed by atoms with Crippen LogP contribution in [0.2, 0.25) is 0 Å². The molecule has 5 heteroatoms. The summed E-state index contributed by atoms with van der Waals surface area (Å²) < 4.78 is 28.9. The highest BCUT2D eigenvalue weighted by molar-refractivity contribution is 8.01. The van der Waals surface area contributed by atoms with E-state index >= 15 is 0 Å². The minimum Gasteiger partial charge on any atom is -0.312 e. The van der Waals surface area contributed by atoms with Gasteiger partial charge in [-0.25, -0.2) is 8.78 Å². The minimum absolute atomic E-state index is 0.0695. The molecule has 0 radical (unpaired) electrons. The van der Waals surface area contributed by atoms with Crippen LogP contribution in [0.1, 0.15) is 19.4 Å². The number of rotatable bonds is 6. The van der Waals surface area contributed by atoms with Crippen LogP contribution in [0.4, 0.5) is 8.78 Å². The fourth-order valence-electron chi connectivity index (χ4n) is 1.74. The van der Waals surface area contributed by atoms with Gasteiger partial charge in [-0.05, 0) is 41.6 Å². The molecule has 1 aromatic heterocycles. The Labute approximate surface area is 126 Å². The lowest BCUT2D eigenvalue weighted by Gasteiger charge is -2.09. The van der Waals surface area contributed by atoms with Crippen molar-refractivity contribution in [2.24, 2.45) is 5.92 Å². The second-order valence-corrected chi connectivity index (χ2v) is 7.21. The lowest BCUT2D eigenvalue weighted by Crippen LogP contribution is -2.19. The Morgan fingerprint density at radius 2 is 1.95 bits per heavy atom. The predicted octanol–water partition coefficient (Wildman–Crippen LogP) is 4.92. The van der Waals surface area contributed by atoms with Crippen LogP contribution in [-0.2, 0) is 6.54 Å². The molecule has 108 valence electrons. The van der Waals surface area contributed by atoms with E-state index in [4.69, 9.17) is 0 Å². The number of hydrogen-bond acceptors (Lipinski definition) is 3. The van der Waals surface area contributed by atoms with Crippen LogP contribution in [0.3, 0.4) is 0 Å². The molecule has 0 spiro atoms. The summed E-state index contributed by atoms with van der Waals surface area (Å²) in [6.45, 7) is 5.49. The third kappa shape index (κ3) is 4.30. The summed E-state index contributed by atoms with van der Waals surface area (Å²) in [5, 5.41) is 5.07. The van der Waals surface area contributed by atoms with E-state index in [-0.39, 0.29) is 4.90 Å². The summed E-state index contributed by atoms with van der Waals surface area (Å²) in [7, 11) is 0. The first-order chi connectivity index (χ1) is 9.56. The van der Waals surface area contributed by atoms with Crippen LogP contribution in [0.15, 0.2) is 38.8 Å². The summed E-state index contributed by atoms with van der Waals surface area (Å²) in [6.07, 6.45) is 0. The summed E-state index contributed by atoms with van der Waals surface area (Å²) in [5.41, 5.74) is 0.635. The molecule has 0 atom stereocenters. The van der Waals surface area contributed by atoms with Crippen molar-refractivity contribution in [3.8, 4) is 0 Å². The third-order valence-electron chi connectivity index (χ3n) is 2.64. The van der Waals surface area contributed by atoms with Gasteiger partial charge in [0, 0.05) is 6.54 Å². The van der Waals surface area contributed by atoms with Crippen LogP contribution in [0.5, 0.6) is 0 Å². The molecule has 0 aliphatic heterocycles. The summed E-state index contributed by atoms with van der Waals surface area (Å²) in [5.74, 6) is -0.479. The second kappa shape index (κ2) is 7.20. The standard InChI is InChI=1S/C15H17F2NS2/c1-10(2)8-18-9-11-6-12(16)15(13(17)7-11)20-14-4-3-5-19-14/h3-7,10,18H,8-9H2,1-2H3. The van der Waals surface area contributed by atoms with E-state index in [9.17, 15) is 8.78 Å².